The highest BCUT2D eigenvalue weighted by Crippen LogP contribution is 2.17. The maximum absolute atomic E-state index is 13.0. The van der Waals surface area contributed by atoms with E-state index in [1.165, 1.54) is 12.3 Å². The third-order valence-electron chi connectivity index (χ3n) is 4.98. The third-order valence-corrected chi connectivity index (χ3v) is 4.98. The lowest BCUT2D eigenvalue weighted by Crippen LogP contribution is -2.49. The summed E-state index contributed by atoms with van der Waals surface area (Å²) in [5.74, 6) is 1.44. The number of anilines is 1. The number of pyridine rings is 2. The number of aromatic nitrogens is 2. The molecule has 0 atom stereocenters. The Labute approximate surface area is 180 Å². The van der Waals surface area contributed by atoms with Crippen molar-refractivity contribution in [3.8, 4) is 11.6 Å². The largest absolute Gasteiger partial charge is 0.477 e. The van der Waals surface area contributed by atoms with Gasteiger partial charge in [0.2, 0.25) is 5.88 Å². The number of ether oxygens (including phenoxy) is 2. The summed E-state index contributed by atoms with van der Waals surface area (Å²) in [7, 11) is 0. The Morgan fingerprint density at radius 1 is 0.968 bits per heavy atom. The van der Waals surface area contributed by atoms with E-state index >= 15 is 0 Å². The standard InChI is InChI=1S/C23H23FN4O3/c24-19-6-9-21(26-17-19)27-12-14-28(15-13-27)23(29)31-20-7-4-18(5-8-20)10-16-30-22-3-1-2-11-25-22/h1-9,11,17H,10,12-16H2. The molecule has 1 aliphatic heterocycles. The van der Waals surface area contributed by atoms with Crippen LogP contribution in [0.2, 0.25) is 0 Å². The van der Waals surface area contributed by atoms with Crippen LogP contribution in [0.3, 0.4) is 0 Å². The van der Waals surface area contributed by atoms with Crippen LogP contribution < -0.4 is 14.4 Å². The highest BCUT2D eigenvalue weighted by Gasteiger charge is 2.23. The maximum atomic E-state index is 13.0. The lowest BCUT2D eigenvalue weighted by atomic mass is 10.1. The first-order chi connectivity index (χ1) is 15.2. The van der Waals surface area contributed by atoms with Crippen molar-refractivity contribution in [2.45, 2.75) is 6.42 Å². The minimum atomic E-state index is -0.377. The zero-order chi connectivity index (χ0) is 21.5. The summed E-state index contributed by atoms with van der Waals surface area (Å²) in [6.07, 6.45) is 3.24. The van der Waals surface area contributed by atoms with E-state index in [-0.39, 0.29) is 11.9 Å². The van der Waals surface area contributed by atoms with Gasteiger partial charge in [0.1, 0.15) is 17.4 Å². The van der Waals surface area contributed by atoms with Gasteiger partial charge in [0.15, 0.2) is 0 Å². The molecule has 160 valence electrons. The highest BCUT2D eigenvalue weighted by atomic mass is 19.1. The van der Waals surface area contributed by atoms with Crippen LogP contribution in [0.15, 0.2) is 67.0 Å². The summed E-state index contributed by atoms with van der Waals surface area (Å²) in [4.78, 5) is 24.4. The van der Waals surface area contributed by atoms with E-state index in [4.69, 9.17) is 9.47 Å². The minimum Gasteiger partial charge on any atom is -0.477 e. The Morgan fingerprint density at radius 3 is 2.45 bits per heavy atom. The Hall–Kier alpha value is -3.68. The molecule has 31 heavy (non-hydrogen) atoms. The van der Waals surface area contributed by atoms with E-state index in [1.807, 2.05) is 35.2 Å². The van der Waals surface area contributed by atoms with Crippen molar-refractivity contribution in [2.75, 3.05) is 37.7 Å². The second-order valence-electron chi connectivity index (χ2n) is 7.09. The number of hydrogen-bond donors (Lipinski definition) is 0. The van der Waals surface area contributed by atoms with Gasteiger partial charge >= 0.3 is 6.09 Å². The molecule has 1 aromatic carbocycles. The van der Waals surface area contributed by atoms with Gasteiger partial charge in [-0.15, -0.1) is 0 Å². The summed E-state index contributed by atoms with van der Waals surface area (Å²) in [5, 5.41) is 0. The molecule has 0 radical (unpaired) electrons. The predicted molar refractivity (Wildman–Crippen MR) is 114 cm³/mol. The first kappa shape index (κ1) is 20.6. The maximum Gasteiger partial charge on any atom is 0.415 e. The summed E-state index contributed by atoms with van der Waals surface area (Å²) >= 11 is 0. The molecule has 0 saturated carbocycles. The molecular weight excluding hydrogens is 399 g/mol. The van der Waals surface area contributed by atoms with Gasteiger partial charge in [-0.2, -0.15) is 0 Å². The molecule has 1 saturated heterocycles. The van der Waals surface area contributed by atoms with Crippen molar-refractivity contribution in [2.24, 2.45) is 0 Å². The molecule has 7 nitrogen and oxygen atoms in total. The highest BCUT2D eigenvalue weighted by molar-refractivity contribution is 5.71. The van der Waals surface area contributed by atoms with Gasteiger partial charge in [0, 0.05) is 44.9 Å². The van der Waals surface area contributed by atoms with Gasteiger partial charge in [-0.25, -0.2) is 19.2 Å². The molecule has 0 unspecified atom stereocenters. The number of amides is 1. The van der Waals surface area contributed by atoms with Crippen LogP contribution in [0.25, 0.3) is 0 Å². The lowest BCUT2D eigenvalue weighted by Gasteiger charge is -2.34. The number of carbonyl (C=O) groups excluding carboxylic acids is 1. The third kappa shape index (κ3) is 5.69. The van der Waals surface area contributed by atoms with E-state index in [9.17, 15) is 9.18 Å². The Kier molecular flexibility index (Phi) is 6.56. The normalized spacial score (nSPS) is 13.7. The fourth-order valence-corrected chi connectivity index (χ4v) is 3.27. The number of hydrogen-bond acceptors (Lipinski definition) is 6. The number of benzene rings is 1. The van der Waals surface area contributed by atoms with Gasteiger partial charge in [0.05, 0.1) is 12.8 Å². The number of halogens is 1. The molecular formula is C23H23FN4O3. The molecule has 1 amide bonds. The van der Waals surface area contributed by atoms with Gasteiger partial charge in [-0.05, 0) is 35.9 Å². The van der Waals surface area contributed by atoms with Gasteiger partial charge in [-0.3, -0.25) is 0 Å². The first-order valence-corrected chi connectivity index (χ1v) is 10.1. The van der Waals surface area contributed by atoms with E-state index in [2.05, 4.69) is 9.97 Å². The van der Waals surface area contributed by atoms with Crippen molar-refractivity contribution < 1.29 is 18.7 Å². The molecule has 1 fully saturated rings. The number of rotatable bonds is 6. The molecule has 0 N–H and O–H groups in total. The lowest BCUT2D eigenvalue weighted by molar-refractivity contribution is 0.149. The van der Waals surface area contributed by atoms with Crippen LogP contribution in [0.4, 0.5) is 15.0 Å². The van der Waals surface area contributed by atoms with Gasteiger partial charge in [0.25, 0.3) is 0 Å². The van der Waals surface area contributed by atoms with E-state index in [1.54, 1.807) is 29.3 Å². The molecule has 4 rings (SSSR count). The van der Waals surface area contributed by atoms with E-state index < -0.39 is 0 Å². The smallest absolute Gasteiger partial charge is 0.415 e. The quantitative estimate of drug-likeness (QED) is 0.605. The number of carbonyl (C=O) groups is 1. The van der Waals surface area contributed by atoms with Crippen molar-refractivity contribution in [1.82, 2.24) is 14.9 Å². The van der Waals surface area contributed by atoms with Crippen LogP contribution in [0.5, 0.6) is 11.6 Å². The Morgan fingerprint density at radius 2 is 1.77 bits per heavy atom. The summed E-state index contributed by atoms with van der Waals surface area (Å²) < 4.78 is 24.1. The molecule has 1 aliphatic rings. The summed E-state index contributed by atoms with van der Waals surface area (Å²) in [6.45, 7) is 2.77. The van der Waals surface area contributed by atoms with E-state index in [0.717, 1.165) is 12.0 Å². The number of piperazine rings is 1. The average molecular weight is 422 g/mol. The molecule has 0 spiro atoms. The monoisotopic (exact) mass is 422 g/mol. The van der Waals surface area contributed by atoms with Crippen LogP contribution in [-0.4, -0.2) is 53.7 Å². The zero-order valence-electron chi connectivity index (χ0n) is 17.0. The minimum absolute atomic E-state index is 0.363. The van der Waals surface area contributed by atoms with E-state index in [0.29, 0.717) is 50.2 Å². The Bertz CT molecular complexity index is 976. The second kappa shape index (κ2) is 9.88. The van der Waals surface area contributed by atoms with Crippen LogP contribution >= 0.6 is 0 Å². The first-order valence-electron chi connectivity index (χ1n) is 10.1. The van der Waals surface area contributed by atoms with Crippen LogP contribution in [0.1, 0.15) is 5.56 Å². The SMILES string of the molecule is O=C(Oc1ccc(CCOc2ccccn2)cc1)N1CCN(c2ccc(F)cn2)CC1. The fourth-order valence-electron chi connectivity index (χ4n) is 3.27. The second-order valence-corrected chi connectivity index (χ2v) is 7.09. The van der Waals surface area contributed by atoms with Crippen molar-refractivity contribution in [3.63, 3.8) is 0 Å². The molecule has 2 aromatic heterocycles. The molecule has 0 bridgehead atoms. The topological polar surface area (TPSA) is 67.8 Å². The molecule has 3 heterocycles. The molecule has 3 aromatic rings. The van der Waals surface area contributed by atoms with Gasteiger partial charge in [-0.1, -0.05) is 18.2 Å². The predicted octanol–water partition coefficient (Wildman–Crippen LogP) is 3.56. The average Bonchev–Trinajstić information content (AvgIpc) is 2.81. The van der Waals surface area contributed by atoms with Crippen LogP contribution in [0, 0.1) is 5.82 Å². The molecule has 0 aliphatic carbocycles. The number of nitrogens with zero attached hydrogens (tertiary/aromatic N) is 4. The summed E-state index contributed by atoms with van der Waals surface area (Å²) in [5.41, 5.74) is 1.08. The summed E-state index contributed by atoms with van der Waals surface area (Å²) in [6, 6.07) is 16.0. The van der Waals surface area contributed by atoms with Gasteiger partial charge < -0.3 is 19.3 Å². The zero-order valence-corrected chi connectivity index (χ0v) is 17.0. The Balaban J connectivity index is 1.22. The van der Waals surface area contributed by atoms with Crippen molar-refractivity contribution in [1.29, 1.82) is 0 Å². The fraction of sp³-hybridized carbons (Fsp3) is 0.261. The van der Waals surface area contributed by atoms with Crippen LogP contribution in [-0.2, 0) is 6.42 Å². The van der Waals surface area contributed by atoms with Crippen molar-refractivity contribution in [3.05, 3.63) is 78.4 Å². The van der Waals surface area contributed by atoms with Crippen molar-refractivity contribution >= 4 is 11.9 Å². The molecule has 8 heteroatoms.